The summed E-state index contributed by atoms with van der Waals surface area (Å²) < 4.78 is 32.4. The van der Waals surface area contributed by atoms with Gasteiger partial charge in [-0.25, -0.2) is 8.42 Å². The van der Waals surface area contributed by atoms with Crippen LogP contribution in [0.25, 0.3) is 0 Å². The number of rotatable bonds is 7. The van der Waals surface area contributed by atoms with Gasteiger partial charge in [-0.3, -0.25) is 0 Å². The van der Waals surface area contributed by atoms with Gasteiger partial charge in [0.1, 0.15) is 5.75 Å². The zero-order valence-corrected chi connectivity index (χ0v) is 17.8. The first-order chi connectivity index (χ1) is 12.9. The third-order valence-corrected chi connectivity index (χ3v) is 8.08. The molecule has 2 aliphatic rings. The van der Waals surface area contributed by atoms with E-state index in [4.69, 9.17) is 17.0 Å². The van der Waals surface area contributed by atoms with E-state index < -0.39 is 10.0 Å². The number of nitrogens with zero attached hydrogens (tertiary/aromatic N) is 1. The molecule has 27 heavy (non-hydrogen) atoms. The lowest BCUT2D eigenvalue weighted by atomic mass is 9.96. The van der Waals surface area contributed by atoms with E-state index in [1.807, 2.05) is 13.8 Å². The average molecular weight is 412 g/mol. The maximum Gasteiger partial charge on any atom is 0.243 e. The third-order valence-electron chi connectivity index (χ3n) is 5.82. The van der Waals surface area contributed by atoms with Crippen molar-refractivity contribution in [3.8, 4) is 5.75 Å². The molecule has 6 nitrogen and oxygen atoms in total. The maximum absolute atomic E-state index is 12.8. The largest absolute Gasteiger partial charge is 0.495 e. The van der Waals surface area contributed by atoms with Gasteiger partial charge >= 0.3 is 0 Å². The maximum atomic E-state index is 12.8. The molecule has 0 aliphatic heterocycles. The Labute approximate surface area is 167 Å². The number of thiocarbonyl (C=S) groups is 1. The van der Waals surface area contributed by atoms with Crippen LogP contribution < -0.4 is 15.4 Å². The molecule has 0 heterocycles. The van der Waals surface area contributed by atoms with Crippen molar-refractivity contribution in [3.63, 3.8) is 0 Å². The fourth-order valence-corrected chi connectivity index (χ4v) is 6.15. The Hall–Kier alpha value is -1.38. The molecule has 0 aromatic heterocycles. The van der Waals surface area contributed by atoms with Gasteiger partial charge in [-0.05, 0) is 61.5 Å². The van der Waals surface area contributed by atoms with Gasteiger partial charge in [0, 0.05) is 19.1 Å². The van der Waals surface area contributed by atoms with Crippen molar-refractivity contribution in [2.45, 2.75) is 50.5 Å². The Balaban J connectivity index is 1.76. The highest BCUT2D eigenvalue weighted by Gasteiger charge is 2.39. The van der Waals surface area contributed by atoms with Crippen molar-refractivity contribution in [3.05, 3.63) is 18.2 Å². The summed E-state index contributed by atoms with van der Waals surface area (Å²) in [6.07, 6.45) is 5.06. The first kappa shape index (κ1) is 20.4. The number of ether oxygens (including phenoxy) is 1. The van der Waals surface area contributed by atoms with E-state index in [9.17, 15) is 8.42 Å². The summed E-state index contributed by atoms with van der Waals surface area (Å²) in [5.41, 5.74) is 0.561. The second-order valence-electron chi connectivity index (χ2n) is 7.33. The number of hydrogen-bond donors (Lipinski definition) is 2. The van der Waals surface area contributed by atoms with Crippen molar-refractivity contribution in [1.29, 1.82) is 0 Å². The first-order valence-corrected chi connectivity index (χ1v) is 11.5. The zero-order valence-electron chi connectivity index (χ0n) is 16.2. The monoisotopic (exact) mass is 411 g/mol. The Kier molecular flexibility index (Phi) is 6.28. The van der Waals surface area contributed by atoms with Crippen LogP contribution >= 0.6 is 12.2 Å². The molecule has 0 unspecified atom stereocenters. The summed E-state index contributed by atoms with van der Waals surface area (Å²) in [5, 5.41) is 7.08. The highest BCUT2D eigenvalue weighted by molar-refractivity contribution is 7.89. The van der Waals surface area contributed by atoms with Gasteiger partial charge in [-0.15, -0.1) is 0 Å². The molecule has 1 aromatic rings. The highest BCUT2D eigenvalue weighted by atomic mass is 32.2. The summed E-state index contributed by atoms with van der Waals surface area (Å²) >= 11 is 5.49. The van der Waals surface area contributed by atoms with Crippen molar-refractivity contribution in [2.75, 3.05) is 25.5 Å². The number of anilines is 1. The van der Waals surface area contributed by atoms with Gasteiger partial charge in [0.25, 0.3) is 0 Å². The van der Waals surface area contributed by atoms with Crippen LogP contribution in [0.1, 0.15) is 39.5 Å². The molecule has 8 heteroatoms. The molecule has 3 atom stereocenters. The minimum Gasteiger partial charge on any atom is -0.495 e. The normalized spacial score (nSPS) is 24.2. The van der Waals surface area contributed by atoms with Gasteiger partial charge in [0.05, 0.1) is 17.7 Å². The minimum atomic E-state index is -3.54. The summed E-state index contributed by atoms with van der Waals surface area (Å²) in [7, 11) is -1.98. The van der Waals surface area contributed by atoms with Crippen LogP contribution in [0.4, 0.5) is 5.69 Å². The van der Waals surface area contributed by atoms with Gasteiger partial charge in [-0.2, -0.15) is 4.31 Å². The molecule has 2 fully saturated rings. The molecule has 2 saturated carbocycles. The van der Waals surface area contributed by atoms with E-state index in [2.05, 4.69) is 10.6 Å². The number of hydrogen-bond acceptors (Lipinski definition) is 4. The van der Waals surface area contributed by atoms with E-state index in [0.717, 1.165) is 5.92 Å². The summed E-state index contributed by atoms with van der Waals surface area (Å²) in [4.78, 5) is 0.234. The van der Waals surface area contributed by atoms with Gasteiger partial charge < -0.3 is 15.4 Å². The molecule has 2 bridgehead atoms. The van der Waals surface area contributed by atoms with E-state index in [-0.39, 0.29) is 4.90 Å². The molecule has 150 valence electrons. The van der Waals surface area contributed by atoms with Crippen LogP contribution in [-0.2, 0) is 10.0 Å². The topological polar surface area (TPSA) is 70.7 Å². The van der Waals surface area contributed by atoms with Crippen molar-refractivity contribution < 1.29 is 13.2 Å². The molecule has 3 rings (SSSR count). The Morgan fingerprint density at radius 3 is 2.56 bits per heavy atom. The molecule has 0 saturated heterocycles. The van der Waals surface area contributed by atoms with Gasteiger partial charge in [-0.1, -0.05) is 20.3 Å². The van der Waals surface area contributed by atoms with Crippen molar-refractivity contribution >= 4 is 33.0 Å². The first-order valence-electron chi connectivity index (χ1n) is 9.64. The van der Waals surface area contributed by atoms with E-state index in [1.54, 1.807) is 25.3 Å². The van der Waals surface area contributed by atoms with E-state index in [0.29, 0.717) is 41.6 Å². The summed E-state index contributed by atoms with van der Waals surface area (Å²) in [6.45, 7) is 4.52. The zero-order chi connectivity index (χ0) is 19.6. The van der Waals surface area contributed by atoms with Crippen molar-refractivity contribution in [1.82, 2.24) is 9.62 Å². The average Bonchev–Trinajstić information content (AvgIpc) is 3.25. The molecular weight excluding hydrogens is 382 g/mol. The third kappa shape index (κ3) is 4.22. The predicted octanol–water partition coefficient (Wildman–Crippen LogP) is 3.20. The molecule has 2 N–H and O–H groups in total. The molecule has 1 aromatic carbocycles. The van der Waals surface area contributed by atoms with Crippen LogP contribution in [0.15, 0.2) is 23.1 Å². The van der Waals surface area contributed by atoms with E-state index >= 15 is 0 Å². The standard InChI is InChI=1S/C19H29N3O3S2/c1-4-22(5-2)27(23,24)15-8-9-18(25-3)17(12-15)21-19(26)20-16-11-13-6-7-14(16)10-13/h8-9,12-14,16H,4-7,10-11H2,1-3H3,(H2,20,21,26)/t13-,14+,16+/m0/s1. The Morgan fingerprint density at radius 1 is 1.26 bits per heavy atom. The fraction of sp³-hybridized carbons (Fsp3) is 0.632. The minimum absolute atomic E-state index is 0.234. The van der Waals surface area contributed by atoms with Gasteiger partial charge in [0.15, 0.2) is 5.11 Å². The van der Waals surface area contributed by atoms with Crippen molar-refractivity contribution in [2.24, 2.45) is 11.8 Å². The number of methoxy groups -OCH3 is 1. The number of sulfonamides is 1. The van der Waals surface area contributed by atoms with E-state index in [1.165, 1.54) is 30.0 Å². The van der Waals surface area contributed by atoms with Gasteiger partial charge in [0.2, 0.25) is 10.0 Å². The second-order valence-corrected chi connectivity index (χ2v) is 9.68. The fourth-order valence-electron chi connectivity index (χ4n) is 4.41. The predicted molar refractivity (Wildman–Crippen MR) is 112 cm³/mol. The molecule has 0 radical (unpaired) electrons. The Morgan fingerprint density at radius 2 is 2.00 bits per heavy atom. The number of nitrogens with one attached hydrogen (secondary N) is 2. The lowest BCUT2D eigenvalue weighted by molar-refractivity contribution is 0.391. The second kappa shape index (κ2) is 8.32. The van der Waals surface area contributed by atoms with Crippen LogP contribution in [0.2, 0.25) is 0 Å². The van der Waals surface area contributed by atoms with Crippen LogP contribution in [0.5, 0.6) is 5.75 Å². The lowest BCUT2D eigenvalue weighted by Gasteiger charge is -2.25. The summed E-state index contributed by atoms with van der Waals surface area (Å²) in [6, 6.07) is 5.25. The van der Waals surface area contributed by atoms with Crippen LogP contribution in [-0.4, -0.2) is 44.1 Å². The molecule has 0 spiro atoms. The number of benzene rings is 1. The quantitative estimate of drug-likeness (QED) is 0.672. The van der Waals surface area contributed by atoms with Crippen LogP contribution in [0.3, 0.4) is 0 Å². The molecular formula is C19H29N3O3S2. The summed E-state index contributed by atoms with van der Waals surface area (Å²) in [5.74, 6) is 2.09. The number of fused-ring (bicyclic) bond motifs is 2. The lowest BCUT2D eigenvalue weighted by Crippen LogP contribution is -2.40. The highest BCUT2D eigenvalue weighted by Crippen LogP contribution is 2.44. The van der Waals surface area contributed by atoms with Crippen LogP contribution in [0, 0.1) is 11.8 Å². The smallest absolute Gasteiger partial charge is 0.243 e. The Bertz CT molecular complexity index is 793. The molecule has 2 aliphatic carbocycles. The SMILES string of the molecule is CCN(CC)S(=O)(=O)c1ccc(OC)c(NC(=S)N[C@@H]2C[C@H]3CC[C@@H]2C3)c1. The molecule has 0 amide bonds.